The molecule has 0 saturated carbocycles. The molecule has 1 aromatic heterocycles. The molecule has 0 aliphatic carbocycles. The highest BCUT2D eigenvalue weighted by molar-refractivity contribution is 7.89. The average Bonchev–Trinajstić information content (AvgIpc) is 2.88. The third-order valence-corrected chi connectivity index (χ3v) is 5.18. The van der Waals surface area contributed by atoms with Crippen molar-refractivity contribution in [3.05, 3.63) is 40.9 Å². The Bertz CT molecular complexity index is 835. The van der Waals surface area contributed by atoms with Crippen molar-refractivity contribution >= 4 is 21.6 Å². The third-order valence-electron chi connectivity index (χ3n) is 3.37. The summed E-state index contributed by atoms with van der Waals surface area (Å²) in [5.41, 5.74) is 0. The highest BCUT2D eigenvalue weighted by atomic mass is 35.5. The standard InChI is InChI=1S/C14H16ClF3N4O2S/c1-3-22-12(8-14(16,17)18)19-20-13(22)9(2)21-25(23,24)11-6-4-10(15)5-7-11/h4-7,9,21H,3,8H2,1-2H3/t9-/m1/s1. The van der Waals surface area contributed by atoms with E-state index in [1.807, 2.05) is 0 Å². The molecule has 1 heterocycles. The zero-order chi connectivity index (χ0) is 18.8. The van der Waals surface area contributed by atoms with Gasteiger partial charge in [-0.15, -0.1) is 10.2 Å². The lowest BCUT2D eigenvalue weighted by atomic mass is 10.3. The predicted octanol–water partition coefficient (Wildman–Crippen LogP) is 3.10. The number of alkyl halides is 3. The molecule has 1 N–H and O–H groups in total. The Morgan fingerprint density at radius 1 is 1.24 bits per heavy atom. The summed E-state index contributed by atoms with van der Waals surface area (Å²) in [6.45, 7) is 3.30. The lowest BCUT2D eigenvalue weighted by Gasteiger charge is -2.16. The van der Waals surface area contributed by atoms with E-state index in [1.165, 1.54) is 35.8 Å². The molecule has 0 bridgehead atoms. The van der Waals surface area contributed by atoms with E-state index >= 15 is 0 Å². The van der Waals surface area contributed by atoms with Crippen molar-refractivity contribution < 1.29 is 21.6 Å². The van der Waals surface area contributed by atoms with E-state index in [0.29, 0.717) is 5.02 Å². The molecule has 0 fully saturated rings. The average molecular weight is 397 g/mol. The van der Waals surface area contributed by atoms with Crippen LogP contribution in [0.4, 0.5) is 13.2 Å². The van der Waals surface area contributed by atoms with Crippen LogP contribution in [0.25, 0.3) is 0 Å². The van der Waals surface area contributed by atoms with Gasteiger partial charge in [-0.25, -0.2) is 13.1 Å². The van der Waals surface area contributed by atoms with E-state index in [4.69, 9.17) is 11.6 Å². The molecule has 0 spiro atoms. The number of halogens is 4. The molecule has 1 aromatic carbocycles. The fourth-order valence-electron chi connectivity index (χ4n) is 2.29. The van der Waals surface area contributed by atoms with Crippen molar-refractivity contribution in [2.75, 3.05) is 0 Å². The second-order valence-electron chi connectivity index (χ2n) is 5.31. The smallest absolute Gasteiger partial charge is 0.314 e. The highest BCUT2D eigenvalue weighted by Crippen LogP contribution is 2.23. The number of hydrogen-bond acceptors (Lipinski definition) is 4. The first-order chi connectivity index (χ1) is 11.5. The second kappa shape index (κ2) is 7.30. The number of nitrogens with one attached hydrogen (secondary N) is 1. The largest absolute Gasteiger partial charge is 0.396 e. The molecule has 0 unspecified atom stereocenters. The van der Waals surface area contributed by atoms with Crippen LogP contribution in [0.2, 0.25) is 5.02 Å². The van der Waals surface area contributed by atoms with E-state index in [-0.39, 0.29) is 23.1 Å². The number of rotatable bonds is 6. The van der Waals surface area contributed by atoms with Crippen LogP contribution in [0, 0.1) is 0 Å². The first-order valence-electron chi connectivity index (χ1n) is 7.30. The Morgan fingerprint density at radius 2 is 1.84 bits per heavy atom. The number of nitrogens with zero attached hydrogens (tertiary/aromatic N) is 3. The molecule has 2 rings (SSSR count). The minimum atomic E-state index is -4.43. The van der Waals surface area contributed by atoms with Crippen LogP contribution in [-0.4, -0.2) is 29.4 Å². The maximum Gasteiger partial charge on any atom is 0.396 e. The van der Waals surface area contributed by atoms with E-state index < -0.39 is 28.7 Å². The SMILES string of the molecule is CCn1c(CC(F)(F)F)nnc1[C@@H](C)NS(=O)(=O)c1ccc(Cl)cc1. The molecule has 0 saturated heterocycles. The first kappa shape index (κ1) is 19.7. The summed E-state index contributed by atoms with van der Waals surface area (Å²) in [4.78, 5) is -0.0122. The van der Waals surface area contributed by atoms with Gasteiger partial charge in [-0.2, -0.15) is 13.2 Å². The third kappa shape index (κ3) is 4.93. The maximum atomic E-state index is 12.6. The molecular weight excluding hydrogens is 381 g/mol. The Balaban J connectivity index is 2.26. The maximum absolute atomic E-state index is 12.6. The summed E-state index contributed by atoms with van der Waals surface area (Å²) >= 11 is 5.73. The Kier molecular flexibility index (Phi) is 5.75. The van der Waals surface area contributed by atoms with Crippen LogP contribution >= 0.6 is 11.6 Å². The molecule has 0 aliphatic heterocycles. The van der Waals surface area contributed by atoms with Crippen molar-refractivity contribution in [1.82, 2.24) is 19.5 Å². The van der Waals surface area contributed by atoms with Gasteiger partial charge in [-0.3, -0.25) is 0 Å². The van der Waals surface area contributed by atoms with Crippen molar-refractivity contribution in [1.29, 1.82) is 0 Å². The topological polar surface area (TPSA) is 76.9 Å². The number of benzene rings is 1. The first-order valence-corrected chi connectivity index (χ1v) is 9.16. The molecule has 0 amide bonds. The van der Waals surface area contributed by atoms with Gasteiger partial charge in [-0.1, -0.05) is 11.6 Å². The number of hydrogen-bond donors (Lipinski definition) is 1. The van der Waals surface area contributed by atoms with Crippen LogP contribution in [-0.2, 0) is 23.0 Å². The van der Waals surface area contributed by atoms with E-state index in [1.54, 1.807) is 6.92 Å². The molecule has 2 aromatic rings. The second-order valence-corrected chi connectivity index (χ2v) is 7.46. The van der Waals surface area contributed by atoms with E-state index in [2.05, 4.69) is 14.9 Å². The van der Waals surface area contributed by atoms with Gasteiger partial charge < -0.3 is 4.57 Å². The quantitative estimate of drug-likeness (QED) is 0.814. The normalized spacial score (nSPS) is 13.8. The van der Waals surface area contributed by atoms with Gasteiger partial charge in [0, 0.05) is 11.6 Å². The van der Waals surface area contributed by atoms with E-state index in [0.717, 1.165) is 0 Å². The van der Waals surface area contributed by atoms with Crippen LogP contribution < -0.4 is 4.72 Å². The number of aromatic nitrogens is 3. The Labute approximate surface area is 148 Å². The molecule has 11 heteroatoms. The van der Waals surface area contributed by atoms with Crippen molar-refractivity contribution in [2.45, 2.75) is 43.9 Å². The fourth-order valence-corrected chi connectivity index (χ4v) is 3.62. The Morgan fingerprint density at radius 3 is 2.36 bits per heavy atom. The van der Waals surface area contributed by atoms with Gasteiger partial charge in [0.05, 0.1) is 10.9 Å². The van der Waals surface area contributed by atoms with Gasteiger partial charge in [-0.05, 0) is 38.1 Å². The molecule has 1 atom stereocenters. The van der Waals surface area contributed by atoms with E-state index in [9.17, 15) is 21.6 Å². The minimum Gasteiger partial charge on any atom is -0.314 e. The molecule has 6 nitrogen and oxygen atoms in total. The summed E-state index contributed by atoms with van der Waals surface area (Å²) in [5.74, 6) is -0.151. The zero-order valence-electron chi connectivity index (χ0n) is 13.4. The summed E-state index contributed by atoms with van der Waals surface area (Å²) in [6, 6.07) is 4.65. The lowest BCUT2D eigenvalue weighted by molar-refractivity contribution is -0.129. The van der Waals surface area contributed by atoms with Crippen molar-refractivity contribution in [3.8, 4) is 0 Å². The molecule has 25 heavy (non-hydrogen) atoms. The van der Waals surface area contributed by atoms with Gasteiger partial charge in [0.2, 0.25) is 10.0 Å². The monoisotopic (exact) mass is 396 g/mol. The van der Waals surface area contributed by atoms with Crippen molar-refractivity contribution in [3.63, 3.8) is 0 Å². The Hall–Kier alpha value is -1.65. The predicted molar refractivity (Wildman–Crippen MR) is 85.6 cm³/mol. The zero-order valence-corrected chi connectivity index (χ0v) is 15.0. The van der Waals surface area contributed by atoms with Crippen LogP contribution in [0.3, 0.4) is 0 Å². The number of sulfonamides is 1. The van der Waals surface area contributed by atoms with Gasteiger partial charge in [0.25, 0.3) is 0 Å². The van der Waals surface area contributed by atoms with Gasteiger partial charge >= 0.3 is 6.18 Å². The van der Waals surface area contributed by atoms with Crippen LogP contribution in [0.5, 0.6) is 0 Å². The molecular formula is C14H16ClF3N4O2S. The summed E-state index contributed by atoms with van der Waals surface area (Å²) in [6.07, 6.45) is -5.66. The molecule has 138 valence electrons. The van der Waals surface area contributed by atoms with Crippen LogP contribution in [0.1, 0.15) is 31.5 Å². The van der Waals surface area contributed by atoms with Crippen LogP contribution in [0.15, 0.2) is 29.2 Å². The molecule has 0 aliphatic rings. The van der Waals surface area contributed by atoms with Gasteiger partial charge in [0.1, 0.15) is 12.2 Å². The highest BCUT2D eigenvalue weighted by Gasteiger charge is 2.32. The lowest BCUT2D eigenvalue weighted by Crippen LogP contribution is -2.29. The summed E-state index contributed by atoms with van der Waals surface area (Å²) < 4.78 is 66.1. The molecule has 0 radical (unpaired) electrons. The van der Waals surface area contributed by atoms with Crippen molar-refractivity contribution in [2.24, 2.45) is 0 Å². The summed E-state index contributed by atoms with van der Waals surface area (Å²) in [7, 11) is -3.89. The fraction of sp³-hybridized carbons (Fsp3) is 0.429. The summed E-state index contributed by atoms with van der Waals surface area (Å²) in [5, 5.41) is 7.66. The minimum absolute atomic E-state index is 0.0122. The van der Waals surface area contributed by atoms with Gasteiger partial charge in [0.15, 0.2) is 5.82 Å².